The van der Waals surface area contributed by atoms with Crippen molar-refractivity contribution >= 4 is 11.6 Å². The molecule has 5 nitrogen and oxygen atoms in total. The zero-order chi connectivity index (χ0) is 16.2. The molecule has 0 spiro atoms. The van der Waals surface area contributed by atoms with E-state index in [-0.39, 0.29) is 11.9 Å². The van der Waals surface area contributed by atoms with E-state index in [0.717, 1.165) is 24.2 Å². The standard InChI is InChI=1S/C18H19N3O2/c1-2-20(12-15-8-10-23-13-15)17-7-9-21(18(17)22)16-5-3-14(11-19)4-6-16/h3-6,8,10,13,17H,2,7,9,12H2,1H3/t17-/m1/s1. The summed E-state index contributed by atoms with van der Waals surface area (Å²) in [5.74, 6) is 0.125. The van der Waals surface area contributed by atoms with Crippen molar-refractivity contribution in [2.45, 2.75) is 25.9 Å². The maximum atomic E-state index is 12.8. The van der Waals surface area contributed by atoms with Crippen molar-refractivity contribution in [3.63, 3.8) is 0 Å². The zero-order valence-corrected chi connectivity index (χ0v) is 13.1. The lowest BCUT2D eigenvalue weighted by Crippen LogP contribution is -2.41. The Bertz CT molecular complexity index is 701. The van der Waals surface area contributed by atoms with Crippen molar-refractivity contribution in [3.05, 3.63) is 54.0 Å². The van der Waals surface area contributed by atoms with Gasteiger partial charge in [0.05, 0.1) is 30.2 Å². The number of carbonyl (C=O) groups is 1. The minimum Gasteiger partial charge on any atom is -0.472 e. The fourth-order valence-corrected chi connectivity index (χ4v) is 3.04. The van der Waals surface area contributed by atoms with Crippen LogP contribution < -0.4 is 4.90 Å². The summed E-state index contributed by atoms with van der Waals surface area (Å²) in [5.41, 5.74) is 2.54. The van der Waals surface area contributed by atoms with Crippen LogP contribution in [-0.2, 0) is 11.3 Å². The molecule has 1 fully saturated rings. The summed E-state index contributed by atoms with van der Waals surface area (Å²) in [7, 11) is 0. The van der Waals surface area contributed by atoms with Gasteiger partial charge in [0.2, 0.25) is 5.91 Å². The van der Waals surface area contributed by atoms with E-state index >= 15 is 0 Å². The van der Waals surface area contributed by atoms with E-state index in [4.69, 9.17) is 9.68 Å². The molecule has 0 N–H and O–H groups in total. The van der Waals surface area contributed by atoms with Crippen LogP contribution in [0.25, 0.3) is 0 Å². The van der Waals surface area contributed by atoms with Crippen LogP contribution in [0, 0.1) is 11.3 Å². The van der Waals surface area contributed by atoms with E-state index in [1.54, 1.807) is 24.7 Å². The van der Waals surface area contributed by atoms with Crippen LogP contribution in [0.5, 0.6) is 0 Å². The van der Waals surface area contributed by atoms with Gasteiger partial charge in [-0.3, -0.25) is 9.69 Å². The molecule has 1 amide bonds. The van der Waals surface area contributed by atoms with Gasteiger partial charge >= 0.3 is 0 Å². The predicted octanol–water partition coefficient (Wildman–Crippen LogP) is 2.78. The lowest BCUT2D eigenvalue weighted by Gasteiger charge is -2.26. The number of anilines is 1. The third kappa shape index (κ3) is 3.13. The van der Waals surface area contributed by atoms with Gasteiger partial charge in [-0.2, -0.15) is 5.26 Å². The maximum Gasteiger partial charge on any atom is 0.244 e. The summed E-state index contributed by atoms with van der Waals surface area (Å²) < 4.78 is 5.11. The lowest BCUT2D eigenvalue weighted by atomic mass is 10.2. The van der Waals surface area contributed by atoms with Crippen LogP contribution in [-0.4, -0.2) is 29.9 Å². The molecule has 23 heavy (non-hydrogen) atoms. The molecule has 1 aromatic carbocycles. The fourth-order valence-electron chi connectivity index (χ4n) is 3.04. The number of rotatable bonds is 5. The van der Waals surface area contributed by atoms with Crippen molar-refractivity contribution in [2.75, 3.05) is 18.0 Å². The quantitative estimate of drug-likeness (QED) is 0.852. The average molecular weight is 309 g/mol. The Kier molecular flexibility index (Phi) is 4.45. The second-order valence-corrected chi connectivity index (χ2v) is 5.65. The highest BCUT2D eigenvalue weighted by molar-refractivity contribution is 5.99. The number of furan rings is 1. The van der Waals surface area contributed by atoms with Gasteiger partial charge in [-0.15, -0.1) is 0 Å². The van der Waals surface area contributed by atoms with Gasteiger partial charge in [-0.1, -0.05) is 6.92 Å². The summed E-state index contributed by atoms with van der Waals surface area (Å²) >= 11 is 0. The fraction of sp³-hybridized carbons (Fsp3) is 0.333. The summed E-state index contributed by atoms with van der Waals surface area (Å²) in [4.78, 5) is 16.8. The summed E-state index contributed by atoms with van der Waals surface area (Å²) in [6.07, 6.45) is 4.19. The molecule has 5 heteroatoms. The Morgan fingerprint density at radius 1 is 1.35 bits per heavy atom. The first-order chi connectivity index (χ1) is 11.2. The van der Waals surface area contributed by atoms with Gasteiger partial charge < -0.3 is 9.32 Å². The third-order valence-electron chi connectivity index (χ3n) is 4.30. The molecule has 3 rings (SSSR count). The molecule has 0 aliphatic carbocycles. The molecule has 1 atom stereocenters. The van der Waals surface area contributed by atoms with Crippen LogP contribution in [0.3, 0.4) is 0 Å². The number of carbonyl (C=O) groups excluding carboxylic acids is 1. The van der Waals surface area contributed by atoms with E-state index in [0.29, 0.717) is 18.7 Å². The van der Waals surface area contributed by atoms with Gasteiger partial charge in [0.15, 0.2) is 0 Å². The van der Waals surface area contributed by atoms with Gasteiger partial charge in [-0.05, 0) is 43.3 Å². The SMILES string of the molecule is CCN(Cc1ccoc1)[C@@H]1CCN(c2ccc(C#N)cc2)C1=O. The topological polar surface area (TPSA) is 60.5 Å². The maximum absolute atomic E-state index is 12.8. The highest BCUT2D eigenvalue weighted by Gasteiger charge is 2.36. The third-order valence-corrected chi connectivity index (χ3v) is 4.30. The van der Waals surface area contributed by atoms with Crippen molar-refractivity contribution < 1.29 is 9.21 Å². The molecule has 1 saturated heterocycles. The Morgan fingerprint density at radius 2 is 2.13 bits per heavy atom. The summed E-state index contributed by atoms with van der Waals surface area (Å²) in [6.45, 7) is 4.29. The molecule has 0 unspecified atom stereocenters. The lowest BCUT2D eigenvalue weighted by molar-refractivity contribution is -0.121. The first kappa shape index (κ1) is 15.3. The molecule has 2 heterocycles. The molecule has 1 aliphatic rings. The smallest absolute Gasteiger partial charge is 0.244 e. The summed E-state index contributed by atoms with van der Waals surface area (Å²) in [6, 6.07) is 11.1. The largest absolute Gasteiger partial charge is 0.472 e. The first-order valence-corrected chi connectivity index (χ1v) is 7.79. The zero-order valence-electron chi connectivity index (χ0n) is 13.1. The Labute approximate surface area is 135 Å². The van der Waals surface area contributed by atoms with E-state index in [1.807, 2.05) is 23.1 Å². The van der Waals surface area contributed by atoms with Gasteiger partial charge in [0.1, 0.15) is 0 Å². The predicted molar refractivity (Wildman–Crippen MR) is 86.7 cm³/mol. The average Bonchev–Trinajstić information content (AvgIpc) is 3.22. The van der Waals surface area contributed by atoms with Crippen LogP contribution in [0.15, 0.2) is 47.3 Å². The number of nitriles is 1. The Balaban J connectivity index is 1.73. The molecule has 0 radical (unpaired) electrons. The molecule has 118 valence electrons. The number of hydrogen-bond donors (Lipinski definition) is 0. The second-order valence-electron chi connectivity index (χ2n) is 5.65. The Morgan fingerprint density at radius 3 is 2.74 bits per heavy atom. The second kappa shape index (κ2) is 6.67. The minimum atomic E-state index is -0.106. The normalized spacial score (nSPS) is 17.7. The highest BCUT2D eigenvalue weighted by atomic mass is 16.3. The first-order valence-electron chi connectivity index (χ1n) is 7.79. The van der Waals surface area contributed by atoms with Crippen LogP contribution in [0.1, 0.15) is 24.5 Å². The number of nitrogens with zero attached hydrogens (tertiary/aromatic N) is 3. The minimum absolute atomic E-state index is 0.106. The molecular weight excluding hydrogens is 290 g/mol. The molecule has 2 aromatic rings. The summed E-state index contributed by atoms with van der Waals surface area (Å²) in [5, 5.41) is 8.87. The van der Waals surface area contributed by atoms with Crippen molar-refractivity contribution in [3.8, 4) is 6.07 Å². The van der Waals surface area contributed by atoms with E-state index < -0.39 is 0 Å². The highest BCUT2D eigenvalue weighted by Crippen LogP contribution is 2.25. The van der Waals surface area contributed by atoms with E-state index in [9.17, 15) is 4.79 Å². The number of benzene rings is 1. The molecular formula is C18H19N3O2. The Hall–Kier alpha value is -2.58. The number of hydrogen-bond acceptors (Lipinski definition) is 4. The molecule has 0 saturated carbocycles. The van der Waals surface area contributed by atoms with Crippen LogP contribution >= 0.6 is 0 Å². The number of amides is 1. The van der Waals surface area contributed by atoms with E-state index in [1.165, 1.54) is 0 Å². The van der Waals surface area contributed by atoms with Crippen LogP contribution in [0.2, 0.25) is 0 Å². The van der Waals surface area contributed by atoms with Crippen LogP contribution in [0.4, 0.5) is 5.69 Å². The monoisotopic (exact) mass is 309 g/mol. The van der Waals surface area contributed by atoms with Gasteiger partial charge in [0.25, 0.3) is 0 Å². The molecule has 1 aliphatic heterocycles. The van der Waals surface area contributed by atoms with Crippen molar-refractivity contribution in [2.24, 2.45) is 0 Å². The molecule has 0 bridgehead atoms. The van der Waals surface area contributed by atoms with Gasteiger partial charge in [0, 0.05) is 24.3 Å². The number of likely N-dealkylation sites (N-methyl/N-ethyl adjacent to an activating group) is 1. The molecule has 1 aromatic heterocycles. The van der Waals surface area contributed by atoms with Crippen molar-refractivity contribution in [1.82, 2.24) is 4.90 Å². The van der Waals surface area contributed by atoms with E-state index in [2.05, 4.69) is 17.9 Å². The van der Waals surface area contributed by atoms with Gasteiger partial charge in [-0.25, -0.2) is 0 Å². The van der Waals surface area contributed by atoms with Crippen molar-refractivity contribution in [1.29, 1.82) is 5.26 Å².